The van der Waals surface area contributed by atoms with Gasteiger partial charge in [0.05, 0.1) is 17.8 Å². The van der Waals surface area contributed by atoms with Gasteiger partial charge in [-0.2, -0.15) is 8.78 Å². The van der Waals surface area contributed by atoms with Crippen LogP contribution in [0.5, 0.6) is 11.5 Å². The monoisotopic (exact) mass is 546 g/mol. The fraction of sp³-hybridized carbons (Fsp3) is 0.333. The second-order valence-electron chi connectivity index (χ2n) is 8.81. The van der Waals surface area contributed by atoms with Crippen molar-refractivity contribution >= 4 is 0 Å². The first-order valence-corrected chi connectivity index (χ1v) is 11.7. The third-order valence-corrected chi connectivity index (χ3v) is 6.05. The molecule has 1 saturated heterocycles. The molecule has 204 valence electrons. The fourth-order valence-electron chi connectivity index (χ4n) is 4.33. The number of hydrogen-bond donors (Lipinski definition) is 0. The average molecular weight is 546 g/mol. The highest BCUT2D eigenvalue weighted by atomic mass is 19.4. The molecule has 3 aromatic carbocycles. The van der Waals surface area contributed by atoms with Crippen LogP contribution in [0.25, 0.3) is 11.1 Å². The summed E-state index contributed by atoms with van der Waals surface area (Å²) >= 11 is 0. The van der Waals surface area contributed by atoms with E-state index in [-0.39, 0.29) is 17.2 Å². The van der Waals surface area contributed by atoms with Crippen molar-refractivity contribution in [2.75, 3.05) is 0 Å². The molecule has 1 aliphatic heterocycles. The first kappa shape index (κ1) is 27.7. The van der Waals surface area contributed by atoms with E-state index in [1.165, 1.54) is 6.07 Å². The molecule has 4 rings (SSSR count). The Hall–Kier alpha value is -3.34. The van der Waals surface area contributed by atoms with Crippen LogP contribution in [0.2, 0.25) is 0 Å². The van der Waals surface area contributed by atoms with Gasteiger partial charge in [0.1, 0.15) is 17.4 Å². The molecule has 0 amide bonds. The topological polar surface area (TPSA) is 27.7 Å². The molecule has 0 aliphatic carbocycles. The smallest absolute Gasteiger partial charge is 0.429 e. The molecular weight excluding hydrogens is 524 g/mol. The highest BCUT2D eigenvalue weighted by Crippen LogP contribution is 2.39. The largest absolute Gasteiger partial charge is 0.573 e. The zero-order valence-electron chi connectivity index (χ0n) is 19.9. The molecule has 0 saturated carbocycles. The number of halogens is 8. The lowest BCUT2D eigenvalue weighted by Crippen LogP contribution is -2.23. The van der Waals surface area contributed by atoms with Crippen molar-refractivity contribution in [2.24, 2.45) is 0 Å². The predicted molar refractivity (Wildman–Crippen MR) is 121 cm³/mol. The Kier molecular flexibility index (Phi) is 7.87. The molecular formula is C27H22F8O3. The third-order valence-electron chi connectivity index (χ3n) is 6.05. The number of alkyl halides is 5. The zero-order valence-corrected chi connectivity index (χ0v) is 19.9. The molecule has 0 bridgehead atoms. The number of rotatable bonds is 8. The van der Waals surface area contributed by atoms with Gasteiger partial charge >= 0.3 is 12.5 Å². The van der Waals surface area contributed by atoms with E-state index in [1.54, 1.807) is 0 Å². The summed E-state index contributed by atoms with van der Waals surface area (Å²) in [6.45, 7) is 2.01. The minimum atomic E-state index is -5.13. The van der Waals surface area contributed by atoms with Gasteiger partial charge in [-0.3, -0.25) is 0 Å². The highest BCUT2D eigenvalue weighted by Gasteiger charge is 2.39. The summed E-state index contributed by atoms with van der Waals surface area (Å²) in [6.07, 6.45) is -6.44. The minimum Gasteiger partial charge on any atom is -0.429 e. The number of benzene rings is 3. The van der Waals surface area contributed by atoms with Gasteiger partial charge in [-0.25, -0.2) is 13.2 Å². The minimum absolute atomic E-state index is 0.0398. The molecule has 2 atom stereocenters. The van der Waals surface area contributed by atoms with Crippen molar-refractivity contribution in [3.05, 3.63) is 83.2 Å². The molecule has 0 aromatic heterocycles. The van der Waals surface area contributed by atoms with Gasteiger partial charge in [0.25, 0.3) is 0 Å². The van der Waals surface area contributed by atoms with E-state index >= 15 is 0 Å². The number of ether oxygens (including phenoxy) is 3. The van der Waals surface area contributed by atoms with Crippen LogP contribution in [0.15, 0.2) is 54.6 Å². The van der Waals surface area contributed by atoms with Crippen molar-refractivity contribution in [3.8, 4) is 22.6 Å². The second kappa shape index (κ2) is 10.8. The van der Waals surface area contributed by atoms with Crippen LogP contribution in [-0.4, -0.2) is 12.5 Å². The summed E-state index contributed by atoms with van der Waals surface area (Å²) in [4.78, 5) is 0. The number of hydrogen-bond acceptors (Lipinski definition) is 3. The third kappa shape index (κ3) is 6.38. The van der Waals surface area contributed by atoms with Crippen LogP contribution < -0.4 is 9.47 Å². The molecule has 1 fully saturated rings. The SMILES string of the molecule is CCCC1CCC(c2ccc(C(F)(F)Oc3ccc(-c4ccc(OC(F)(F)F)c(F)c4)c(F)c3)c(F)c2)O1. The van der Waals surface area contributed by atoms with E-state index in [4.69, 9.17) is 4.74 Å². The van der Waals surface area contributed by atoms with Crippen LogP contribution in [0.3, 0.4) is 0 Å². The predicted octanol–water partition coefficient (Wildman–Crippen LogP) is 8.82. The molecule has 3 aromatic rings. The van der Waals surface area contributed by atoms with Crippen LogP contribution in [-0.2, 0) is 10.8 Å². The van der Waals surface area contributed by atoms with Crippen molar-refractivity contribution in [3.63, 3.8) is 0 Å². The van der Waals surface area contributed by atoms with Gasteiger partial charge in [0, 0.05) is 11.6 Å². The molecule has 11 heteroatoms. The van der Waals surface area contributed by atoms with Crippen LogP contribution >= 0.6 is 0 Å². The van der Waals surface area contributed by atoms with Crippen LogP contribution in [0, 0.1) is 17.5 Å². The summed E-state index contributed by atoms with van der Waals surface area (Å²) < 4.78 is 124. The summed E-state index contributed by atoms with van der Waals surface area (Å²) in [6, 6.07) is 7.91. The van der Waals surface area contributed by atoms with Crippen LogP contribution in [0.4, 0.5) is 35.1 Å². The molecule has 38 heavy (non-hydrogen) atoms. The van der Waals surface area contributed by atoms with Crippen molar-refractivity contribution in [2.45, 2.75) is 57.3 Å². The summed E-state index contributed by atoms with van der Waals surface area (Å²) in [7, 11) is 0. The van der Waals surface area contributed by atoms with E-state index in [2.05, 4.69) is 9.47 Å². The van der Waals surface area contributed by atoms with Gasteiger partial charge in [-0.05, 0) is 66.8 Å². The lowest BCUT2D eigenvalue weighted by atomic mass is 10.0. The van der Waals surface area contributed by atoms with Gasteiger partial charge in [0.2, 0.25) is 0 Å². The van der Waals surface area contributed by atoms with Crippen molar-refractivity contribution < 1.29 is 49.3 Å². The van der Waals surface area contributed by atoms with Crippen LogP contribution in [0.1, 0.15) is 49.8 Å². The molecule has 0 radical (unpaired) electrons. The van der Waals surface area contributed by atoms with Gasteiger partial charge in [-0.15, -0.1) is 13.2 Å². The van der Waals surface area contributed by atoms with Gasteiger partial charge in [0.15, 0.2) is 11.6 Å². The Morgan fingerprint density at radius 1 is 0.816 bits per heavy atom. The maximum Gasteiger partial charge on any atom is 0.573 e. The van der Waals surface area contributed by atoms with E-state index in [1.807, 2.05) is 6.92 Å². The lowest BCUT2D eigenvalue weighted by molar-refractivity contribution is -0.275. The molecule has 2 unspecified atom stereocenters. The summed E-state index contributed by atoms with van der Waals surface area (Å²) in [5.74, 6) is -5.52. The molecule has 3 nitrogen and oxygen atoms in total. The highest BCUT2D eigenvalue weighted by molar-refractivity contribution is 5.66. The average Bonchev–Trinajstić information content (AvgIpc) is 3.28. The van der Waals surface area contributed by atoms with E-state index in [0.717, 1.165) is 49.6 Å². The van der Waals surface area contributed by atoms with Crippen molar-refractivity contribution in [1.82, 2.24) is 0 Å². The Labute approximate surface area is 212 Å². The Balaban J connectivity index is 1.49. The second-order valence-corrected chi connectivity index (χ2v) is 8.81. The summed E-state index contributed by atoms with van der Waals surface area (Å²) in [5, 5.41) is 0. The van der Waals surface area contributed by atoms with Gasteiger partial charge in [-0.1, -0.05) is 25.5 Å². The standard InChI is InChI=1S/C27H22F8O3/c1-2-3-17-7-11-24(36-17)16-4-9-20(22(29)13-16)26(31,32)37-18-6-8-19(21(28)14-18)15-5-10-25(23(30)12-15)38-27(33,34)35/h4-6,8-10,12-14,17,24H,2-3,7,11H2,1H3. The first-order chi connectivity index (χ1) is 17.9. The summed E-state index contributed by atoms with van der Waals surface area (Å²) in [5.41, 5.74) is -1.11. The molecule has 1 aliphatic rings. The molecule has 1 heterocycles. The lowest BCUT2D eigenvalue weighted by Gasteiger charge is -2.20. The van der Waals surface area contributed by atoms with E-state index in [0.29, 0.717) is 30.2 Å². The first-order valence-electron chi connectivity index (χ1n) is 11.7. The van der Waals surface area contributed by atoms with E-state index in [9.17, 15) is 35.1 Å². The maximum absolute atomic E-state index is 14.8. The normalized spacial score (nSPS) is 18.0. The molecule has 0 N–H and O–H groups in total. The Morgan fingerprint density at radius 3 is 2.21 bits per heavy atom. The van der Waals surface area contributed by atoms with E-state index < -0.39 is 53.1 Å². The van der Waals surface area contributed by atoms with Crippen molar-refractivity contribution in [1.29, 1.82) is 0 Å². The fourth-order valence-corrected chi connectivity index (χ4v) is 4.33. The zero-order chi connectivity index (χ0) is 27.7. The Bertz CT molecular complexity index is 1290. The Morgan fingerprint density at radius 2 is 1.58 bits per heavy atom. The van der Waals surface area contributed by atoms with Gasteiger partial charge < -0.3 is 14.2 Å². The quantitative estimate of drug-likeness (QED) is 0.264. The maximum atomic E-state index is 14.8. The molecule has 0 spiro atoms.